The average molecular weight is 487 g/mol. The first-order valence-corrected chi connectivity index (χ1v) is 10.7. The van der Waals surface area contributed by atoms with Crippen LogP contribution in [-0.2, 0) is 19.9 Å². The molecule has 0 saturated carbocycles. The SMILES string of the molecule is CC(=O)C1(Cl)C(O)=CC2=C(C3(OC(=O)c4ccccc43)c3ccc(O)cc3O2)C1(Cl)C(C)=O. The van der Waals surface area contributed by atoms with Gasteiger partial charge in [0.25, 0.3) is 0 Å². The van der Waals surface area contributed by atoms with E-state index in [0.29, 0.717) is 5.56 Å². The van der Waals surface area contributed by atoms with E-state index in [2.05, 4.69) is 0 Å². The third-order valence-electron chi connectivity index (χ3n) is 6.35. The van der Waals surface area contributed by atoms with Crippen molar-refractivity contribution >= 4 is 40.7 Å². The molecule has 3 atom stereocenters. The van der Waals surface area contributed by atoms with E-state index in [0.717, 1.165) is 19.9 Å². The Morgan fingerprint density at radius 1 is 0.939 bits per heavy atom. The molecule has 2 heterocycles. The number of carbonyl (C=O) groups excluding carboxylic acids is 3. The maximum absolute atomic E-state index is 13.2. The molecule has 3 aliphatic rings. The zero-order valence-corrected chi connectivity index (χ0v) is 18.8. The molecular weight excluding hydrogens is 471 g/mol. The van der Waals surface area contributed by atoms with Crippen LogP contribution >= 0.6 is 23.2 Å². The molecule has 2 aliphatic heterocycles. The summed E-state index contributed by atoms with van der Waals surface area (Å²) in [7, 11) is 0. The minimum atomic E-state index is -2.39. The number of carbonyl (C=O) groups is 3. The summed E-state index contributed by atoms with van der Waals surface area (Å²) in [6.07, 6.45) is 1.08. The van der Waals surface area contributed by atoms with Crippen molar-refractivity contribution in [3.05, 3.63) is 82.3 Å². The van der Waals surface area contributed by atoms with Gasteiger partial charge in [0.15, 0.2) is 26.9 Å². The molecule has 1 spiro atoms. The Morgan fingerprint density at radius 2 is 1.61 bits per heavy atom. The number of allylic oxidation sites excluding steroid dienone is 2. The number of Topliss-reactive ketones (excluding diaryl/α,β-unsaturated/α-hetero) is 2. The zero-order valence-electron chi connectivity index (χ0n) is 17.3. The van der Waals surface area contributed by atoms with Gasteiger partial charge < -0.3 is 19.7 Å². The molecule has 2 aromatic carbocycles. The topological polar surface area (TPSA) is 110 Å². The van der Waals surface area contributed by atoms with Crippen molar-refractivity contribution in [2.24, 2.45) is 0 Å². The van der Waals surface area contributed by atoms with Crippen molar-refractivity contribution in [2.75, 3.05) is 0 Å². The largest absolute Gasteiger partial charge is 0.510 e. The van der Waals surface area contributed by atoms with E-state index in [1.54, 1.807) is 24.3 Å². The summed E-state index contributed by atoms with van der Waals surface area (Å²) in [6.45, 7) is 2.22. The van der Waals surface area contributed by atoms with E-state index in [1.165, 1.54) is 18.2 Å². The van der Waals surface area contributed by atoms with Gasteiger partial charge >= 0.3 is 5.97 Å². The predicted octanol–water partition coefficient (Wildman–Crippen LogP) is 4.04. The lowest BCUT2D eigenvalue weighted by Crippen LogP contribution is -2.63. The van der Waals surface area contributed by atoms with Gasteiger partial charge in [0, 0.05) is 23.3 Å². The summed E-state index contributed by atoms with van der Waals surface area (Å²) < 4.78 is 11.9. The lowest BCUT2D eigenvalue weighted by atomic mass is 9.64. The Bertz CT molecular complexity index is 1360. The van der Waals surface area contributed by atoms with E-state index < -0.39 is 38.6 Å². The van der Waals surface area contributed by atoms with Crippen molar-refractivity contribution < 1.29 is 34.1 Å². The standard InChI is InChI=1S/C24H16Cl2O7/c1-11(27)23(25)19(30)10-18-20(24(23,26)12(2)28)22(16-8-7-13(29)9-17(16)32-18)15-6-4-3-5-14(15)21(31)33-22/h3-10,29-30H,1-2H3. The molecule has 0 saturated heterocycles. The molecule has 0 amide bonds. The molecule has 0 fully saturated rings. The molecular formula is C24H16Cl2O7. The summed E-state index contributed by atoms with van der Waals surface area (Å²) >= 11 is 13.6. The van der Waals surface area contributed by atoms with Gasteiger partial charge in [-0.3, -0.25) is 9.59 Å². The van der Waals surface area contributed by atoms with Crippen LogP contribution in [0.4, 0.5) is 0 Å². The fraction of sp³-hybridized carbons (Fsp3) is 0.208. The molecule has 0 radical (unpaired) electrons. The number of fused-ring (bicyclic) bond motifs is 5. The minimum Gasteiger partial charge on any atom is -0.510 e. The van der Waals surface area contributed by atoms with Crippen molar-refractivity contribution in [2.45, 2.75) is 29.2 Å². The van der Waals surface area contributed by atoms with Crippen molar-refractivity contribution in [3.63, 3.8) is 0 Å². The fourth-order valence-corrected chi connectivity index (χ4v) is 5.63. The Hall–Kier alpha value is -3.29. The maximum Gasteiger partial charge on any atom is 0.340 e. The number of aliphatic hydroxyl groups excluding tert-OH is 1. The first-order valence-electron chi connectivity index (χ1n) is 9.90. The number of rotatable bonds is 2. The highest BCUT2D eigenvalue weighted by molar-refractivity contribution is 6.52. The molecule has 2 N–H and O–H groups in total. The van der Waals surface area contributed by atoms with Crippen LogP contribution in [0.3, 0.4) is 0 Å². The summed E-state index contributed by atoms with van der Waals surface area (Å²) in [4.78, 5) is 34.1. The fourth-order valence-electron chi connectivity index (χ4n) is 4.89. The highest BCUT2D eigenvalue weighted by Gasteiger charge is 2.71. The summed E-state index contributed by atoms with van der Waals surface area (Å²) in [5.41, 5.74) is -1.09. The highest BCUT2D eigenvalue weighted by Crippen LogP contribution is 2.63. The first kappa shape index (κ1) is 21.6. The lowest BCUT2D eigenvalue weighted by Gasteiger charge is -2.50. The number of hydrogen-bond donors (Lipinski definition) is 2. The van der Waals surface area contributed by atoms with E-state index in [9.17, 15) is 24.6 Å². The van der Waals surface area contributed by atoms with Crippen LogP contribution in [0.1, 0.15) is 35.3 Å². The highest BCUT2D eigenvalue weighted by atomic mass is 35.5. The van der Waals surface area contributed by atoms with Crippen molar-refractivity contribution in [3.8, 4) is 11.5 Å². The van der Waals surface area contributed by atoms with Gasteiger partial charge in [-0.25, -0.2) is 4.79 Å². The minimum absolute atomic E-state index is 0.106. The third-order valence-corrected chi connectivity index (χ3v) is 7.92. The summed E-state index contributed by atoms with van der Waals surface area (Å²) in [6, 6.07) is 10.7. The molecule has 5 rings (SSSR count). The van der Waals surface area contributed by atoms with Crippen LogP contribution in [0, 0.1) is 0 Å². The summed E-state index contributed by atoms with van der Waals surface area (Å²) in [5.74, 6) is -3.10. The molecule has 168 valence electrons. The number of aliphatic hydroxyl groups is 1. The van der Waals surface area contributed by atoms with Gasteiger partial charge in [-0.05, 0) is 32.0 Å². The molecule has 0 aromatic heterocycles. The number of esters is 1. The van der Waals surface area contributed by atoms with Crippen molar-refractivity contribution in [1.29, 1.82) is 0 Å². The molecule has 7 nitrogen and oxygen atoms in total. The predicted molar refractivity (Wildman–Crippen MR) is 118 cm³/mol. The van der Waals surface area contributed by atoms with E-state index in [-0.39, 0.29) is 34.0 Å². The number of ketones is 2. The first-order chi connectivity index (χ1) is 15.5. The van der Waals surface area contributed by atoms with Gasteiger partial charge in [-0.1, -0.05) is 29.8 Å². The normalized spacial score (nSPS) is 29.5. The van der Waals surface area contributed by atoms with Crippen LogP contribution in [0.2, 0.25) is 0 Å². The molecule has 1 aliphatic carbocycles. The van der Waals surface area contributed by atoms with Crippen LogP contribution in [0.5, 0.6) is 11.5 Å². The average Bonchev–Trinajstić information content (AvgIpc) is 3.04. The van der Waals surface area contributed by atoms with Gasteiger partial charge in [-0.2, -0.15) is 0 Å². The van der Waals surface area contributed by atoms with Crippen LogP contribution in [0.25, 0.3) is 0 Å². The van der Waals surface area contributed by atoms with Gasteiger partial charge in [0.1, 0.15) is 23.0 Å². The molecule has 2 aromatic rings. The van der Waals surface area contributed by atoms with E-state index in [1.807, 2.05) is 0 Å². The Morgan fingerprint density at radius 3 is 2.27 bits per heavy atom. The second-order valence-electron chi connectivity index (χ2n) is 8.10. The van der Waals surface area contributed by atoms with Gasteiger partial charge in [0.2, 0.25) is 0 Å². The second-order valence-corrected chi connectivity index (χ2v) is 9.23. The quantitative estimate of drug-likeness (QED) is 0.486. The number of phenolic OH excluding ortho intramolecular Hbond substituents is 1. The number of phenols is 1. The number of alkyl halides is 2. The molecule has 0 bridgehead atoms. The number of ether oxygens (including phenoxy) is 2. The number of hydrogen-bond acceptors (Lipinski definition) is 7. The van der Waals surface area contributed by atoms with E-state index in [4.69, 9.17) is 32.7 Å². The smallest absolute Gasteiger partial charge is 0.340 e. The molecule has 33 heavy (non-hydrogen) atoms. The zero-order chi connectivity index (χ0) is 23.9. The monoisotopic (exact) mass is 486 g/mol. The van der Waals surface area contributed by atoms with Crippen LogP contribution in [0.15, 0.2) is 65.6 Å². The van der Waals surface area contributed by atoms with E-state index >= 15 is 0 Å². The van der Waals surface area contributed by atoms with Crippen molar-refractivity contribution in [1.82, 2.24) is 0 Å². The Kier molecular flexibility index (Phi) is 4.32. The van der Waals surface area contributed by atoms with Crippen LogP contribution in [-0.4, -0.2) is 37.5 Å². The Balaban J connectivity index is 1.98. The third kappa shape index (κ3) is 2.38. The molecule has 9 heteroatoms. The number of benzene rings is 2. The summed E-state index contributed by atoms with van der Waals surface area (Å²) in [5, 5.41) is 20.9. The second kappa shape index (κ2) is 6.62. The van der Waals surface area contributed by atoms with Crippen LogP contribution < -0.4 is 4.74 Å². The number of aromatic hydroxyl groups is 1. The Labute approximate surface area is 197 Å². The van der Waals surface area contributed by atoms with Gasteiger partial charge in [0.05, 0.1) is 11.1 Å². The lowest BCUT2D eigenvalue weighted by molar-refractivity contribution is -0.127. The number of halogens is 2. The maximum atomic E-state index is 13.2. The van der Waals surface area contributed by atoms with Gasteiger partial charge in [-0.15, -0.1) is 11.6 Å². The molecule has 3 unspecified atom stereocenters.